The summed E-state index contributed by atoms with van der Waals surface area (Å²) in [6, 6.07) is 7.97. The van der Waals surface area contributed by atoms with Gasteiger partial charge in [0.1, 0.15) is 33.1 Å². The molecule has 0 saturated carbocycles. The number of primary amides is 2. The van der Waals surface area contributed by atoms with Crippen LogP contribution in [0.2, 0.25) is 0 Å². The Kier molecular flexibility index (Phi) is 12.8. The number of carbonyl (C=O) groups excluding carboxylic acids is 4. The summed E-state index contributed by atoms with van der Waals surface area (Å²) < 4.78 is 23.0. The lowest BCUT2D eigenvalue weighted by Crippen LogP contribution is -2.25. The highest BCUT2D eigenvalue weighted by Gasteiger charge is 2.36. The van der Waals surface area contributed by atoms with Gasteiger partial charge in [0.25, 0.3) is 11.8 Å². The van der Waals surface area contributed by atoms with Gasteiger partial charge in [0.05, 0.1) is 54.4 Å². The number of nitrogens with one attached hydrogen (secondary N) is 2. The van der Waals surface area contributed by atoms with Crippen LogP contribution < -0.4 is 31.6 Å². The average Bonchev–Trinajstić information content (AvgIpc) is 4.13. The van der Waals surface area contributed by atoms with E-state index >= 15 is 0 Å². The van der Waals surface area contributed by atoms with Crippen molar-refractivity contribution in [2.75, 3.05) is 57.2 Å². The zero-order valence-corrected chi connectivity index (χ0v) is 37.3. The van der Waals surface area contributed by atoms with Gasteiger partial charge in [-0.05, 0) is 63.9 Å². The van der Waals surface area contributed by atoms with E-state index in [9.17, 15) is 19.2 Å². The van der Waals surface area contributed by atoms with Crippen molar-refractivity contribution in [3.63, 3.8) is 0 Å². The molecule has 2 saturated heterocycles. The molecule has 8 rings (SSSR count). The largest absolute Gasteiger partial charge is 0.494 e. The van der Waals surface area contributed by atoms with Gasteiger partial charge in [-0.15, -0.1) is 11.3 Å². The van der Waals surface area contributed by atoms with Crippen molar-refractivity contribution < 1.29 is 33.4 Å². The minimum Gasteiger partial charge on any atom is -0.494 e. The maximum atomic E-state index is 13.9. The van der Waals surface area contributed by atoms with Gasteiger partial charge in [0.15, 0.2) is 0 Å². The van der Waals surface area contributed by atoms with Crippen LogP contribution in [0.4, 0.5) is 11.9 Å². The van der Waals surface area contributed by atoms with E-state index in [0.29, 0.717) is 86.9 Å². The highest BCUT2D eigenvalue weighted by atomic mass is 32.1. The summed E-state index contributed by atoms with van der Waals surface area (Å²) in [5, 5.41) is 11.1. The molecule has 6 N–H and O–H groups in total. The summed E-state index contributed by atoms with van der Waals surface area (Å²) in [6.07, 6.45) is 5.06. The molecule has 2 fully saturated rings. The fraction of sp³-hybridized carbons (Fsp3) is 0.409. The maximum absolute atomic E-state index is 13.9. The van der Waals surface area contributed by atoms with Gasteiger partial charge >= 0.3 is 0 Å². The molecule has 0 radical (unpaired) electrons. The molecule has 0 aliphatic carbocycles. The van der Waals surface area contributed by atoms with Crippen LogP contribution in [0.1, 0.15) is 77.5 Å². The summed E-state index contributed by atoms with van der Waals surface area (Å²) in [4.78, 5) is 69.5. The van der Waals surface area contributed by atoms with Crippen molar-refractivity contribution >= 4 is 68.9 Å². The average molecular weight is 893 g/mol. The van der Waals surface area contributed by atoms with E-state index in [1.165, 1.54) is 24.5 Å². The minimum atomic E-state index is -0.662. The molecule has 6 aromatic rings. The Morgan fingerprint density at radius 2 is 1.44 bits per heavy atom. The molecule has 336 valence electrons. The lowest BCUT2D eigenvalue weighted by atomic mass is 10.0. The third kappa shape index (κ3) is 8.93. The van der Waals surface area contributed by atoms with Crippen molar-refractivity contribution in [2.24, 2.45) is 23.3 Å². The molecule has 4 aromatic heterocycles. The third-order valence-corrected chi connectivity index (χ3v) is 12.6. The number of amides is 4. The standard InChI is InChI=1S/C44H52N12O7S/c1-6-30-38(64-25(4)47-30)42(60)51-44-49-32-17-27(40(46)58)19-35(63-14-10-11-53-20-28-22-62-23-29(28)21-53)37(32)55(44)13-9-8-12-54-36-31(16-26(39(45)57)18-34(36)61-5)48-43(54)50-41(59)33-15-24(3)52-56(33)7-2/h8-9,15-19,28-29H,6-7,10-14,20-23H2,1-5H3,(H2,45,57)(H2,46,58)(H,48,50,59)(H,49,51,60)/b9-8+. The first kappa shape index (κ1) is 44.0. The van der Waals surface area contributed by atoms with Crippen molar-refractivity contribution in [3.05, 3.63) is 80.6 Å². The topological polar surface area (TPSA) is 242 Å². The van der Waals surface area contributed by atoms with Crippen LogP contribution in [-0.2, 0) is 30.8 Å². The first-order valence-corrected chi connectivity index (χ1v) is 22.1. The van der Waals surface area contributed by atoms with Gasteiger partial charge in [-0.2, -0.15) is 5.10 Å². The molecule has 4 amide bonds. The predicted molar refractivity (Wildman–Crippen MR) is 241 cm³/mol. The lowest BCUT2D eigenvalue weighted by molar-refractivity contribution is 0.0991. The molecule has 64 heavy (non-hydrogen) atoms. The number of anilines is 2. The number of nitrogens with zero attached hydrogens (tertiary/aromatic N) is 8. The second-order valence-electron chi connectivity index (χ2n) is 16.0. The first-order valence-electron chi connectivity index (χ1n) is 21.3. The van der Waals surface area contributed by atoms with Crippen LogP contribution in [0.15, 0.2) is 42.5 Å². The Morgan fingerprint density at radius 3 is 2.02 bits per heavy atom. The smallest absolute Gasteiger partial charge is 0.276 e. The Hall–Kier alpha value is -6.64. The molecule has 2 unspecified atom stereocenters. The van der Waals surface area contributed by atoms with E-state index in [-0.39, 0.29) is 42.0 Å². The fourth-order valence-electron chi connectivity index (χ4n) is 8.53. The molecule has 2 aliphatic heterocycles. The van der Waals surface area contributed by atoms with Gasteiger partial charge in [-0.25, -0.2) is 15.0 Å². The van der Waals surface area contributed by atoms with Crippen molar-refractivity contribution in [3.8, 4) is 11.5 Å². The first-order chi connectivity index (χ1) is 30.8. The fourth-order valence-corrected chi connectivity index (χ4v) is 9.44. The van der Waals surface area contributed by atoms with Crippen LogP contribution in [-0.4, -0.2) is 109 Å². The lowest BCUT2D eigenvalue weighted by Gasteiger charge is -2.17. The van der Waals surface area contributed by atoms with Crippen LogP contribution in [0.5, 0.6) is 11.5 Å². The number of aryl methyl sites for hydroxylation is 4. The van der Waals surface area contributed by atoms with Gasteiger partial charge in [0, 0.05) is 62.2 Å². The number of aromatic nitrogens is 7. The highest BCUT2D eigenvalue weighted by Crippen LogP contribution is 2.34. The molecule has 0 spiro atoms. The number of imidazole rings is 2. The van der Waals surface area contributed by atoms with Crippen LogP contribution in [0.25, 0.3) is 22.1 Å². The molecule has 2 aromatic carbocycles. The molecule has 6 heterocycles. The summed E-state index contributed by atoms with van der Waals surface area (Å²) in [6.45, 7) is 13.2. The van der Waals surface area contributed by atoms with Gasteiger partial charge in [-0.3, -0.25) is 34.5 Å². The summed E-state index contributed by atoms with van der Waals surface area (Å²) in [5.74, 6) is 0.175. The Labute approximate surface area is 372 Å². The normalized spacial score (nSPS) is 16.3. The zero-order valence-electron chi connectivity index (χ0n) is 36.5. The van der Waals surface area contributed by atoms with Gasteiger partial charge < -0.3 is 39.7 Å². The molecule has 19 nitrogen and oxygen atoms in total. The third-order valence-electron chi connectivity index (χ3n) is 11.6. The quantitative estimate of drug-likeness (QED) is 0.0687. The number of carbonyl (C=O) groups is 4. The number of thiazole rings is 1. The number of fused-ring (bicyclic) bond motifs is 3. The van der Waals surface area contributed by atoms with E-state index < -0.39 is 17.7 Å². The van der Waals surface area contributed by atoms with E-state index in [1.807, 2.05) is 44.4 Å². The number of ether oxygens (including phenoxy) is 3. The SMILES string of the molecule is CCc1nc(C)sc1C(=O)Nc1nc2cc(C(N)=O)cc(OCCCN3CC4COCC4C3)c2n1C/C=C/Cn1c(NC(=O)c2cc(C)nn2CC)nc2cc(C(N)=O)cc(OC)c21. The van der Waals surface area contributed by atoms with Gasteiger partial charge in [0.2, 0.25) is 23.7 Å². The number of hydrogen-bond acceptors (Lipinski definition) is 13. The number of rotatable bonds is 18. The molecular weight excluding hydrogens is 841 g/mol. The van der Waals surface area contributed by atoms with Crippen LogP contribution in [0.3, 0.4) is 0 Å². The summed E-state index contributed by atoms with van der Waals surface area (Å²) in [5.41, 5.74) is 15.4. The Bertz CT molecular complexity index is 2790. The summed E-state index contributed by atoms with van der Waals surface area (Å²) in [7, 11) is 1.47. The molecule has 20 heteroatoms. The number of methoxy groups -OCH3 is 1. The second kappa shape index (κ2) is 18.6. The monoisotopic (exact) mass is 892 g/mol. The number of hydrogen-bond donors (Lipinski definition) is 4. The summed E-state index contributed by atoms with van der Waals surface area (Å²) >= 11 is 1.30. The molecular formula is C44H52N12O7S. The Balaban J connectivity index is 1.13. The van der Waals surface area contributed by atoms with Crippen LogP contribution in [0, 0.1) is 25.7 Å². The van der Waals surface area contributed by atoms with E-state index in [1.54, 1.807) is 33.5 Å². The second-order valence-corrected chi connectivity index (χ2v) is 17.2. The maximum Gasteiger partial charge on any atom is 0.276 e. The molecule has 0 bridgehead atoms. The number of allylic oxidation sites excluding steroid dienone is 2. The number of nitrogens with two attached hydrogens (primary N) is 2. The van der Waals surface area contributed by atoms with Crippen molar-refractivity contribution in [1.29, 1.82) is 0 Å². The Morgan fingerprint density at radius 1 is 0.844 bits per heavy atom. The number of likely N-dealkylation sites (tertiary alicyclic amines) is 1. The highest BCUT2D eigenvalue weighted by molar-refractivity contribution is 7.13. The van der Waals surface area contributed by atoms with Crippen LogP contribution >= 0.6 is 11.3 Å². The van der Waals surface area contributed by atoms with Crippen molar-refractivity contribution in [1.82, 2.24) is 38.8 Å². The number of benzene rings is 2. The van der Waals surface area contributed by atoms with E-state index in [4.69, 9.17) is 35.6 Å². The van der Waals surface area contributed by atoms with E-state index in [2.05, 4.69) is 25.6 Å². The van der Waals surface area contributed by atoms with Gasteiger partial charge in [-0.1, -0.05) is 19.1 Å². The molecule has 2 atom stereocenters. The van der Waals surface area contributed by atoms with E-state index in [0.717, 1.165) is 44.3 Å². The zero-order chi connectivity index (χ0) is 45.2. The predicted octanol–water partition coefficient (Wildman–Crippen LogP) is 4.55. The minimum absolute atomic E-state index is 0.179. The molecule has 2 aliphatic rings. The van der Waals surface area contributed by atoms with Crippen molar-refractivity contribution in [2.45, 2.75) is 60.2 Å².